The van der Waals surface area contributed by atoms with Crippen molar-refractivity contribution in [3.05, 3.63) is 29.8 Å². The van der Waals surface area contributed by atoms with Gasteiger partial charge >= 0.3 is 0 Å². The predicted octanol–water partition coefficient (Wildman–Crippen LogP) is 3.22. The SMILES string of the molecule is C[C@@H]1C[C@H](C)CN(C(C)(C)CNC(=O)COc2ccc(F)cc2F)C1. The first kappa shape index (κ1) is 19.6. The molecule has 140 valence electrons. The molecule has 2 rings (SSSR count). The molecular formula is C19H28F2N2O2. The van der Waals surface area contributed by atoms with E-state index in [1.165, 1.54) is 12.5 Å². The van der Waals surface area contributed by atoms with Crippen LogP contribution in [0.25, 0.3) is 0 Å². The number of benzene rings is 1. The van der Waals surface area contributed by atoms with E-state index in [4.69, 9.17) is 4.74 Å². The largest absolute Gasteiger partial charge is 0.481 e. The maximum Gasteiger partial charge on any atom is 0.258 e. The molecule has 0 aliphatic carbocycles. The number of nitrogens with zero attached hydrogens (tertiary/aromatic N) is 1. The lowest BCUT2D eigenvalue weighted by Crippen LogP contribution is -2.56. The average molecular weight is 354 g/mol. The summed E-state index contributed by atoms with van der Waals surface area (Å²) in [4.78, 5) is 14.4. The fraction of sp³-hybridized carbons (Fsp3) is 0.632. The molecule has 0 bridgehead atoms. The van der Waals surface area contributed by atoms with Gasteiger partial charge in [0.1, 0.15) is 5.82 Å². The molecule has 0 spiro atoms. The molecule has 0 aromatic heterocycles. The third-order valence-corrected chi connectivity index (χ3v) is 4.70. The van der Waals surface area contributed by atoms with Gasteiger partial charge in [0.2, 0.25) is 0 Å². The van der Waals surface area contributed by atoms with Gasteiger partial charge in [0.25, 0.3) is 5.91 Å². The molecule has 4 nitrogen and oxygen atoms in total. The molecule has 1 heterocycles. The Bertz CT molecular complexity index is 597. The van der Waals surface area contributed by atoms with Crippen molar-refractivity contribution < 1.29 is 18.3 Å². The highest BCUT2D eigenvalue weighted by atomic mass is 19.1. The van der Waals surface area contributed by atoms with Crippen LogP contribution in [0.1, 0.15) is 34.1 Å². The molecule has 6 heteroatoms. The standard InChI is InChI=1S/C19H28F2N2O2/c1-13-7-14(2)10-23(9-13)19(3,4)12-22-18(24)11-25-17-6-5-15(20)8-16(17)21/h5-6,8,13-14H,7,9-12H2,1-4H3,(H,22,24)/t13-,14+. The molecule has 0 radical (unpaired) electrons. The Balaban J connectivity index is 1.82. The van der Waals surface area contributed by atoms with E-state index in [1.54, 1.807) is 0 Å². The highest BCUT2D eigenvalue weighted by molar-refractivity contribution is 5.77. The van der Waals surface area contributed by atoms with Gasteiger partial charge in [0.15, 0.2) is 18.2 Å². The molecule has 1 N–H and O–H groups in total. The molecule has 1 fully saturated rings. The van der Waals surface area contributed by atoms with Crippen molar-refractivity contribution in [2.45, 2.75) is 39.7 Å². The van der Waals surface area contributed by atoms with Crippen molar-refractivity contribution in [3.63, 3.8) is 0 Å². The number of carbonyl (C=O) groups excluding carboxylic acids is 1. The molecule has 2 atom stereocenters. The minimum atomic E-state index is -0.815. The fourth-order valence-electron chi connectivity index (χ4n) is 3.37. The van der Waals surface area contributed by atoms with Crippen LogP contribution in [0.5, 0.6) is 5.75 Å². The number of hydrogen-bond acceptors (Lipinski definition) is 3. The van der Waals surface area contributed by atoms with Crippen LogP contribution in [-0.2, 0) is 4.79 Å². The summed E-state index contributed by atoms with van der Waals surface area (Å²) in [6, 6.07) is 3.01. The summed E-state index contributed by atoms with van der Waals surface area (Å²) in [6.07, 6.45) is 1.23. The van der Waals surface area contributed by atoms with Crippen LogP contribution in [0.15, 0.2) is 18.2 Å². The number of amides is 1. The van der Waals surface area contributed by atoms with E-state index < -0.39 is 11.6 Å². The number of ether oxygens (including phenoxy) is 1. The highest BCUT2D eigenvalue weighted by Crippen LogP contribution is 2.26. The Morgan fingerprint density at radius 1 is 1.28 bits per heavy atom. The summed E-state index contributed by atoms with van der Waals surface area (Å²) in [6.45, 7) is 10.9. The normalized spacial score (nSPS) is 21.8. The second-order valence-corrected chi connectivity index (χ2v) is 7.80. The van der Waals surface area contributed by atoms with E-state index in [2.05, 4.69) is 37.9 Å². The van der Waals surface area contributed by atoms with Crippen molar-refractivity contribution in [1.82, 2.24) is 10.2 Å². The molecule has 1 aliphatic rings. The number of piperidine rings is 1. The van der Waals surface area contributed by atoms with E-state index in [0.29, 0.717) is 18.4 Å². The summed E-state index contributed by atoms with van der Waals surface area (Å²) in [5.41, 5.74) is -0.167. The molecular weight excluding hydrogens is 326 g/mol. The number of nitrogens with one attached hydrogen (secondary N) is 1. The van der Waals surface area contributed by atoms with Gasteiger partial charge in [-0.25, -0.2) is 8.78 Å². The van der Waals surface area contributed by atoms with Crippen LogP contribution >= 0.6 is 0 Å². The molecule has 1 aromatic rings. The third kappa shape index (κ3) is 5.66. The third-order valence-electron chi connectivity index (χ3n) is 4.70. The smallest absolute Gasteiger partial charge is 0.258 e. The molecule has 0 saturated carbocycles. The van der Waals surface area contributed by atoms with E-state index in [1.807, 2.05) is 0 Å². The van der Waals surface area contributed by atoms with Crippen molar-refractivity contribution in [2.24, 2.45) is 11.8 Å². The zero-order valence-electron chi connectivity index (χ0n) is 15.4. The Kier molecular flexibility index (Phi) is 6.38. The van der Waals surface area contributed by atoms with E-state index >= 15 is 0 Å². The first-order chi connectivity index (χ1) is 11.7. The number of halogens is 2. The Morgan fingerprint density at radius 2 is 1.92 bits per heavy atom. The Morgan fingerprint density at radius 3 is 2.52 bits per heavy atom. The summed E-state index contributed by atoms with van der Waals surface area (Å²) >= 11 is 0. The van der Waals surface area contributed by atoms with Crippen LogP contribution in [0.2, 0.25) is 0 Å². The van der Waals surface area contributed by atoms with Crippen molar-refractivity contribution >= 4 is 5.91 Å². The van der Waals surface area contributed by atoms with Gasteiger partial charge in [-0.1, -0.05) is 13.8 Å². The van der Waals surface area contributed by atoms with E-state index in [0.717, 1.165) is 25.2 Å². The van der Waals surface area contributed by atoms with Gasteiger partial charge in [-0.15, -0.1) is 0 Å². The molecule has 1 amide bonds. The molecule has 1 aromatic carbocycles. The monoisotopic (exact) mass is 354 g/mol. The molecule has 0 unspecified atom stereocenters. The van der Waals surface area contributed by atoms with Gasteiger partial charge < -0.3 is 10.1 Å². The first-order valence-electron chi connectivity index (χ1n) is 8.77. The lowest BCUT2D eigenvalue weighted by molar-refractivity contribution is -0.123. The van der Waals surface area contributed by atoms with Crippen molar-refractivity contribution in [3.8, 4) is 5.75 Å². The van der Waals surface area contributed by atoms with Gasteiger partial charge in [0.05, 0.1) is 0 Å². The lowest BCUT2D eigenvalue weighted by Gasteiger charge is -2.45. The second kappa shape index (κ2) is 8.13. The zero-order chi connectivity index (χ0) is 18.6. The van der Waals surface area contributed by atoms with Crippen LogP contribution in [0.3, 0.4) is 0 Å². The summed E-state index contributed by atoms with van der Waals surface area (Å²) in [5.74, 6) is -0.665. The molecule has 25 heavy (non-hydrogen) atoms. The molecule has 1 aliphatic heterocycles. The van der Waals surface area contributed by atoms with E-state index in [-0.39, 0.29) is 23.8 Å². The summed E-state index contributed by atoms with van der Waals surface area (Å²) < 4.78 is 31.5. The van der Waals surface area contributed by atoms with Crippen molar-refractivity contribution in [1.29, 1.82) is 0 Å². The number of hydrogen-bond donors (Lipinski definition) is 1. The first-order valence-corrected chi connectivity index (χ1v) is 8.77. The number of carbonyl (C=O) groups is 1. The second-order valence-electron chi connectivity index (χ2n) is 7.80. The minimum absolute atomic E-state index is 0.130. The summed E-state index contributed by atoms with van der Waals surface area (Å²) in [7, 11) is 0. The topological polar surface area (TPSA) is 41.6 Å². The van der Waals surface area contributed by atoms with Crippen LogP contribution < -0.4 is 10.1 Å². The van der Waals surface area contributed by atoms with Gasteiger partial charge in [-0.3, -0.25) is 9.69 Å². The predicted molar refractivity (Wildman–Crippen MR) is 93.5 cm³/mol. The Labute approximate surface area is 148 Å². The molecule has 1 saturated heterocycles. The maximum absolute atomic E-state index is 13.5. The number of likely N-dealkylation sites (tertiary alicyclic amines) is 1. The van der Waals surface area contributed by atoms with Gasteiger partial charge in [-0.05, 0) is 44.2 Å². The maximum atomic E-state index is 13.5. The highest BCUT2D eigenvalue weighted by Gasteiger charge is 2.32. The van der Waals surface area contributed by atoms with Crippen LogP contribution in [0.4, 0.5) is 8.78 Å². The van der Waals surface area contributed by atoms with E-state index in [9.17, 15) is 13.6 Å². The number of rotatable bonds is 6. The fourth-order valence-corrected chi connectivity index (χ4v) is 3.37. The summed E-state index contributed by atoms with van der Waals surface area (Å²) in [5, 5.41) is 2.85. The van der Waals surface area contributed by atoms with Gasteiger partial charge in [-0.2, -0.15) is 0 Å². The van der Waals surface area contributed by atoms with Crippen LogP contribution in [-0.4, -0.2) is 42.6 Å². The van der Waals surface area contributed by atoms with Crippen LogP contribution in [0, 0.1) is 23.5 Å². The average Bonchev–Trinajstić information content (AvgIpc) is 2.51. The lowest BCUT2D eigenvalue weighted by atomic mass is 9.88. The van der Waals surface area contributed by atoms with Crippen molar-refractivity contribution in [2.75, 3.05) is 26.2 Å². The van der Waals surface area contributed by atoms with Gasteiger partial charge in [0, 0.05) is 31.2 Å². The Hall–Kier alpha value is -1.69. The quantitative estimate of drug-likeness (QED) is 0.853. The zero-order valence-corrected chi connectivity index (χ0v) is 15.4. The minimum Gasteiger partial charge on any atom is -0.481 e.